The Morgan fingerprint density at radius 1 is 1.09 bits per heavy atom. The highest BCUT2D eigenvalue weighted by Crippen LogP contribution is 2.26. The Balaban J connectivity index is 1.18. The van der Waals surface area contributed by atoms with Crippen molar-refractivity contribution < 1.29 is 4.74 Å². The van der Waals surface area contributed by atoms with E-state index < -0.39 is 0 Å². The summed E-state index contributed by atoms with van der Waals surface area (Å²) in [5, 5.41) is 3.83. The average Bonchev–Trinajstić information content (AvgIpc) is 3.27. The molecule has 3 aromatic rings. The lowest BCUT2D eigenvalue weighted by molar-refractivity contribution is 0.280. The number of piperidine rings is 1. The monoisotopic (exact) mass is 431 g/mol. The van der Waals surface area contributed by atoms with E-state index in [1.165, 1.54) is 49.9 Å². The third-order valence-electron chi connectivity index (χ3n) is 6.89. The van der Waals surface area contributed by atoms with Crippen LogP contribution in [0.3, 0.4) is 0 Å². The van der Waals surface area contributed by atoms with E-state index in [2.05, 4.69) is 55.2 Å². The molecule has 2 fully saturated rings. The molecule has 1 saturated heterocycles. The van der Waals surface area contributed by atoms with Gasteiger partial charge < -0.3 is 19.5 Å². The summed E-state index contributed by atoms with van der Waals surface area (Å²) in [5.41, 5.74) is 4.47. The van der Waals surface area contributed by atoms with Gasteiger partial charge >= 0.3 is 0 Å². The molecule has 1 N–H and O–H groups in total. The predicted molar refractivity (Wildman–Crippen MR) is 128 cm³/mol. The Kier molecular flexibility index (Phi) is 6.39. The highest BCUT2D eigenvalue weighted by atomic mass is 16.5. The lowest BCUT2D eigenvalue weighted by Gasteiger charge is -2.36. The molecular weight excluding hydrogens is 398 g/mol. The molecule has 1 aliphatic heterocycles. The molecule has 3 heterocycles. The number of benzene rings is 1. The molecule has 1 aromatic carbocycles. The molecule has 0 bridgehead atoms. The molecule has 1 saturated carbocycles. The normalized spacial score (nSPS) is 19.0. The Hall–Kier alpha value is -2.86. The summed E-state index contributed by atoms with van der Waals surface area (Å²) >= 11 is 0. The zero-order chi connectivity index (χ0) is 21.8. The maximum absolute atomic E-state index is 5.27. The molecule has 2 aliphatic rings. The van der Waals surface area contributed by atoms with Crippen LogP contribution in [0.25, 0.3) is 11.3 Å². The minimum absolute atomic E-state index is 0.625. The Morgan fingerprint density at radius 2 is 1.97 bits per heavy atom. The van der Waals surface area contributed by atoms with Crippen molar-refractivity contribution >= 4 is 5.69 Å². The van der Waals surface area contributed by atoms with Gasteiger partial charge in [-0.1, -0.05) is 18.6 Å². The van der Waals surface area contributed by atoms with Crippen molar-refractivity contribution in [2.24, 2.45) is 5.92 Å². The maximum atomic E-state index is 5.27. The maximum Gasteiger partial charge on any atom is 0.137 e. The Labute approximate surface area is 190 Å². The molecule has 6 heteroatoms. The quantitative estimate of drug-likeness (QED) is 0.574. The Bertz CT molecular complexity index is 1010. The van der Waals surface area contributed by atoms with Gasteiger partial charge in [0.1, 0.15) is 5.75 Å². The summed E-state index contributed by atoms with van der Waals surface area (Å²) in [6.45, 7) is 4.28. The van der Waals surface area contributed by atoms with Gasteiger partial charge in [0.25, 0.3) is 0 Å². The number of methoxy groups -OCH3 is 1. The van der Waals surface area contributed by atoms with Crippen LogP contribution in [0.2, 0.25) is 0 Å². The van der Waals surface area contributed by atoms with Crippen molar-refractivity contribution in [2.75, 3.05) is 31.6 Å². The van der Waals surface area contributed by atoms with Crippen LogP contribution in [0.1, 0.15) is 37.7 Å². The fourth-order valence-electron chi connectivity index (χ4n) is 4.70. The second-order valence-electron chi connectivity index (χ2n) is 9.20. The molecule has 1 aliphatic carbocycles. The van der Waals surface area contributed by atoms with Crippen LogP contribution < -0.4 is 15.0 Å². The lowest BCUT2D eigenvalue weighted by atomic mass is 9.85. The molecule has 5 rings (SSSR count). The first-order valence-corrected chi connectivity index (χ1v) is 11.9. The van der Waals surface area contributed by atoms with Gasteiger partial charge in [-0.15, -0.1) is 0 Å². The summed E-state index contributed by atoms with van der Waals surface area (Å²) in [6, 6.07) is 11.6. The minimum atomic E-state index is 0.625. The van der Waals surface area contributed by atoms with Crippen LogP contribution >= 0.6 is 0 Å². The number of imidazole rings is 1. The first-order chi connectivity index (χ1) is 15.8. The predicted octanol–water partition coefficient (Wildman–Crippen LogP) is 4.36. The SMILES string of the molecule is COc1cncc(-c2cn(Cc3ccc(N4CCC[C@@H](NCC5CCC5)C4)cc3)cn2)c1. The van der Waals surface area contributed by atoms with Gasteiger partial charge in [-0.2, -0.15) is 0 Å². The van der Waals surface area contributed by atoms with Crippen LogP contribution in [-0.4, -0.2) is 47.3 Å². The molecule has 0 amide bonds. The van der Waals surface area contributed by atoms with Crippen LogP contribution in [0.5, 0.6) is 5.75 Å². The number of nitrogens with zero attached hydrogens (tertiary/aromatic N) is 4. The van der Waals surface area contributed by atoms with E-state index in [9.17, 15) is 0 Å². The van der Waals surface area contributed by atoms with E-state index >= 15 is 0 Å². The molecule has 168 valence electrons. The number of hydrogen-bond acceptors (Lipinski definition) is 5. The summed E-state index contributed by atoms with van der Waals surface area (Å²) in [4.78, 5) is 11.3. The molecule has 0 spiro atoms. The van der Waals surface area contributed by atoms with E-state index in [-0.39, 0.29) is 0 Å². The molecule has 0 radical (unpaired) electrons. The minimum Gasteiger partial charge on any atom is -0.495 e. The topological polar surface area (TPSA) is 55.2 Å². The molecule has 2 aromatic heterocycles. The third kappa shape index (κ3) is 4.96. The van der Waals surface area contributed by atoms with Crippen molar-refractivity contribution in [3.63, 3.8) is 0 Å². The van der Waals surface area contributed by atoms with Crippen LogP contribution in [0.15, 0.2) is 55.2 Å². The van der Waals surface area contributed by atoms with Gasteiger partial charge in [-0.3, -0.25) is 4.98 Å². The zero-order valence-electron chi connectivity index (χ0n) is 18.9. The van der Waals surface area contributed by atoms with E-state index in [1.807, 2.05) is 18.6 Å². The van der Waals surface area contributed by atoms with E-state index in [1.54, 1.807) is 13.3 Å². The van der Waals surface area contributed by atoms with Crippen molar-refractivity contribution in [3.8, 4) is 17.0 Å². The van der Waals surface area contributed by atoms with Gasteiger partial charge in [0.05, 0.1) is 25.3 Å². The second-order valence-corrected chi connectivity index (χ2v) is 9.20. The number of pyridine rings is 1. The van der Waals surface area contributed by atoms with Gasteiger partial charge in [-0.25, -0.2) is 4.98 Å². The number of nitrogens with one attached hydrogen (secondary N) is 1. The van der Waals surface area contributed by atoms with Crippen LogP contribution in [0.4, 0.5) is 5.69 Å². The van der Waals surface area contributed by atoms with Crippen molar-refractivity contribution in [1.29, 1.82) is 0 Å². The van der Waals surface area contributed by atoms with Crippen molar-refractivity contribution in [3.05, 3.63) is 60.8 Å². The Morgan fingerprint density at radius 3 is 2.75 bits per heavy atom. The second kappa shape index (κ2) is 9.74. The number of aromatic nitrogens is 3. The molecule has 32 heavy (non-hydrogen) atoms. The number of hydrogen-bond donors (Lipinski definition) is 1. The summed E-state index contributed by atoms with van der Waals surface area (Å²) in [5.74, 6) is 1.67. The third-order valence-corrected chi connectivity index (χ3v) is 6.89. The first-order valence-electron chi connectivity index (χ1n) is 11.9. The van der Waals surface area contributed by atoms with Crippen LogP contribution in [-0.2, 0) is 6.54 Å². The van der Waals surface area contributed by atoms with Gasteiger partial charge in [0, 0.05) is 49.3 Å². The number of anilines is 1. The van der Waals surface area contributed by atoms with Gasteiger partial charge in [0.15, 0.2) is 0 Å². The fourth-order valence-corrected chi connectivity index (χ4v) is 4.70. The molecule has 6 nitrogen and oxygen atoms in total. The summed E-state index contributed by atoms with van der Waals surface area (Å²) < 4.78 is 7.39. The van der Waals surface area contributed by atoms with Gasteiger partial charge in [-0.05, 0) is 61.9 Å². The fraction of sp³-hybridized carbons (Fsp3) is 0.462. The lowest BCUT2D eigenvalue weighted by Crippen LogP contribution is -2.47. The molecule has 1 atom stereocenters. The summed E-state index contributed by atoms with van der Waals surface area (Å²) in [6.07, 6.45) is 14.3. The highest BCUT2D eigenvalue weighted by molar-refractivity contribution is 5.58. The largest absolute Gasteiger partial charge is 0.495 e. The standard InChI is InChI=1S/C26H33N5O/c1-32-25-12-22(14-27-15-25)26-18-30(19-29-26)16-21-7-9-24(10-8-21)31-11-3-6-23(17-31)28-13-20-4-2-5-20/h7-10,12,14-15,18-20,23,28H,2-6,11,13,16-17H2,1H3/t23-/m1/s1. The average molecular weight is 432 g/mol. The highest BCUT2D eigenvalue weighted by Gasteiger charge is 2.23. The molecule has 0 unspecified atom stereocenters. The van der Waals surface area contributed by atoms with Crippen LogP contribution in [0, 0.1) is 5.92 Å². The molecular formula is C26H33N5O. The van der Waals surface area contributed by atoms with Crippen molar-refractivity contribution in [1.82, 2.24) is 19.9 Å². The summed E-state index contributed by atoms with van der Waals surface area (Å²) in [7, 11) is 1.65. The first kappa shape index (κ1) is 21.0. The van der Waals surface area contributed by atoms with E-state index in [0.717, 1.165) is 42.6 Å². The van der Waals surface area contributed by atoms with Gasteiger partial charge in [0.2, 0.25) is 0 Å². The number of rotatable bonds is 8. The number of ether oxygens (including phenoxy) is 1. The van der Waals surface area contributed by atoms with Crippen molar-refractivity contribution in [2.45, 2.75) is 44.7 Å². The van der Waals surface area contributed by atoms with E-state index in [4.69, 9.17) is 4.74 Å². The van der Waals surface area contributed by atoms with E-state index in [0.29, 0.717) is 6.04 Å². The zero-order valence-corrected chi connectivity index (χ0v) is 18.9. The smallest absolute Gasteiger partial charge is 0.137 e.